The fraction of sp³-hybridized carbons (Fsp3) is 1.00. The monoisotopic (exact) mass is 290 g/mol. The van der Waals surface area contributed by atoms with E-state index in [9.17, 15) is 20.4 Å². The fourth-order valence-corrected chi connectivity index (χ4v) is 2.75. The molecule has 0 spiro atoms. The van der Waals surface area contributed by atoms with Gasteiger partial charge in [0.1, 0.15) is 24.4 Å². The Morgan fingerprint density at radius 1 is 0.900 bits per heavy atom. The van der Waals surface area contributed by atoms with Crippen molar-refractivity contribution in [1.82, 2.24) is 0 Å². The van der Waals surface area contributed by atoms with Crippen LogP contribution in [-0.2, 0) is 4.74 Å². The van der Waals surface area contributed by atoms with E-state index in [0.29, 0.717) is 6.42 Å². The van der Waals surface area contributed by atoms with E-state index in [4.69, 9.17) is 4.74 Å². The Bertz CT molecular complexity index is 259. The van der Waals surface area contributed by atoms with Crippen LogP contribution in [0.4, 0.5) is 0 Å². The Balaban J connectivity index is 2.27. The maximum atomic E-state index is 10.1. The predicted molar refractivity (Wildman–Crippen MR) is 76.4 cm³/mol. The van der Waals surface area contributed by atoms with Crippen molar-refractivity contribution in [3.63, 3.8) is 0 Å². The second kappa shape index (κ2) is 8.95. The molecule has 0 aromatic heterocycles. The number of aliphatic hydroxyl groups is 4. The molecule has 0 radical (unpaired) electrons. The third-order valence-electron chi connectivity index (χ3n) is 4.05. The molecule has 5 heteroatoms. The van der Waals surface area contributed by atoms with Crippen molar-refractivity contribution in [1.29, 1.82) is 0 Å². The first-order valence-corrected chi connectivity index (χ1v) is 7.86. The zero-order valence-electron chi connectivity index (χ0n) is 12.6. The van der Waals surface area contributed by atoms with Gasteiger partial charge in [-0.1, -0.05) is 45.4 Å². The van der Waals surface area contributed by atoms with E-state index in [0.717, 1.165) is 19.3 Å². The fourth-order valence-electron chi connectivity index (χ4n) is 2.75. The van der Waals surface area contributed by atoms with E-state index in [-0.39, 0.29) is 0 Å². The van der Waals surface area contributed by atoms with Crippen molar-refractivity contribution < 1.29 is 25.2 Å². The van der Waals surface area contributed by atoms with E-state index in [1.807, 2.05) is 0 Å². The van der Waals surface area contributed by atoms with Crippen LogP contribution in [0.15, 0.2) is 0 Å². The third kappa shape index (κ3) is 4.97. The van der Waals surface area contributed by atoms with Crippen molar-refractivity contribution in [2.24, 2.45) is 0 Å². The molecule has 1 fully saturated rings. The minimum atomic E-state index is -1.14. The quantitative estimate of drug-likeness (QED) is 0.475. The lowest BCUT2D eigenvalue weighted by molar-refractivity contribution is -0.0938. The lowest BCUT2D eigenvalue weighted by atomic mass is 9.98. The van der Waals surface area contributed by atoms with Crippen molar-refractivity contribution in [3.05, 3.63) is 0 Å². The molecule has 4 unspecified atom stereocenters. The van der Waals surface area contributed by atoms with Crippen LogP contribution in [0.2, 0.25) is 0 Å². The van der Waals surface area contributed by atoms with Gasteiger partial charge < -0.3 is 25.2 Å². The average Bonchev–Trinajstić information content (AvgIpc) is 2.70. The van der Waals surface area contributed by atoms with Gasteiger partial charge in [-0.25, -0.2) is 0 Å². The minimum absolute atomic E-state index is 0.549. The predicted octanol–water partition coefficient (Wildman–Crippen LogP) is 0.968. The van der Waals surface area contributed by atoms with Crippen molar-refractivity contribution in [2.75, 3.05) is 0 Å². The summed E-state index contributed by atoms with van der Waals surface area (Å²) in [5, 5.41) is 39.2. The van der Waals surface area contributed by atoms with E-state index in [1.165, 1.54) is 26.2 Å². The molecule has 0 aliphatic carbocycles. The Hall–Kier alpha value is -0.200. The summed E-state index contributed by atoms with van der Waals surface area (Å²) in [6.45, 7) is 3.68. The van der Waals surface area contributed by atoms with E-state index in [2.05, 4.69) is 6.92 Å². The highest BCUT2D eigenvalue weighted by atomic mass is 16.6. The van der Waals surface area contributed by atoms with Gasteiger partial charge in [-0.05, 0) is 13.3 Å². The van der Waals surface area contributed by atoms with Crippen LogP contribution < -0.4 is 0 Å². The molecular weight excluding hydrogens is 260 g/mol. The Morgan fingerprint density at radius 2 is 1.45 bits per heavy atom. The second-order valence-corrected chi connectivity index (χ2v) is 5.91. The molecule has 1 heterocycles. The number of unbranched alkanes of at least 4 members (excludes halogenated alkanes) is 5. The SMILES string of the molecule is CCCCCCCCC(O)[C@@H]1O[C@H](C(C)O)C(O)C1O. The van der Waals surface area contributed by atoms with Gasteiger partial charge >= 0.3 is 0 Å². The molecule has 120 valence electrons. The highest BCUT2D eigenvalue weighted by molar-refractivity contribution is 4.95. The highest BCUT2D eigenvalue weighted by Crippen LogP contribution is 2.27. The third-order valence-corrected chi connectivity index (χ3v) is 4.05. The van der Waals surface area contributed by atoms with Crippen LogP contribution in [-0.4, -0.2) is 57.0 Å². The largest absolute Gasteiger partial charge is 0.391 e. The van der Waals surface area contributed by atoms with Gasteiger partial charge in [0.15, 0.2) is 0 Å². The van der Waals surface area contributed by atoms with Gasteiger partial charge in [-0.3, -0.25) is 0 Å². The summed E-state index contributed by atoms with van der Waals surface area (Å²) in [6, 6.07) is 0. The normalized spacial score (nSPS) is 33.3. The molecule has 0 bridgehead atoms. The van der Waals surface area contributed by atoms with E-state index in [1.54, 1.807) is 0 Å². The van der Waals surface area contributed by atoms with Crippen LogP contribution in [0.3, 0.4) is 0 Å². The molecule has 4 N–H and O–H groups in total. The zero-order chi connectivity index (χ0) is 15.1. The summed E-state index contributed by atoms with van der Waals surface area (Å²) in [4.78, 5) is 0. The molecule has 1 saturated heterocycles. The molecule has 1 aliphatic heterocycles. The summed E-state index contributed by atoms with van der Waals surface area (Å²) in [7, 11) is 0. The maximum Gasteiger partial charge on any atom is 0.112 e. The van der Waals surface area contributed by atoms with Crippen molar-refractivity contribution in [3.8, 4) is 0 Å². The molecular formula is C15H30O5. The Morgan fingerprint density at radius 3 is 2.00 bits per heavy atom. The van der Waals surface area contributed by atoms with Crippen LogP contribution in [0, 0.1) is 0 Å². The molecule has 0 amide bonds. The Kier molecular flexibility index (Phi) is 7.99. The van der Waals surface area contributed by atoms with Gasteiger partial charge in [0.2, 0.25) is 0 Å². The molecule has 6 atom stereocenters. The van der Waals surface area contributed by atoms with Crippen LogP contribution in [0.1, 0.15) is 58.8 Å². The molecule has 1 rings (SSSR count). The first kappa shape index (κ1) is 17.9. The first-order valence-electron chi connectivity index (χ1n) is 7.86. The molecule has 5 nitrogen and oxygen atoms in total. The lowest BCUT2D eigenvalue weighted by Crippen LogP contribution is -2.39. The summed E-state index contributed by atoms with van der Waals surface area (Å²) in [5.74, 6) is 0. The van der Waals surface area contributed by atoms with Gasteiger partial charge in [0.05, 0.1) is 12.2 Å². The first-order chi connectivity index (χ1) is 9.49. The van der Waals surface area contributed by atoms with E-state index >= 15 is 0 Å². The lowest BCUT2D eigenvalue weighted by Gasteiger charge is -2.21. The number of rotatable bonds is 9. The number of hydrogen-bond acceptors (Lipinski definition) is 5. The average molecular weight is 290 g/mol. The summed E-state index contributed by atoms with van der Waals surface area (Å²) < 4.78 is 5.40. The van der Waals surface area contributed by atoms with Crippen molar-refractivity contribution in [2.45, 2.75) is 95.4 Å². The van der Waals surface area contributed by atoms with Gasteiger partial charge in [-0.15, -0.1) is 0 Å². The molecule has 1 aliphatic rings. The summed E-state index contributed by atoms with van der Waals surface area (Å²) >= 11 is 0. The molecule has 0 saturated carbocycles. The molecule has 20 heavy (non-hydrogen) atoms. The topological polar surface area (TPSA) is 90.2 Å². The highest BCUT2D eigenvalue weighted by Gasteiger charge is 2.47. The smallest absolute Gasteiger partial charge is 0.112 e. The second-order valence-electron chi connectivity index (χ2n) is 5.91. The maximum absolute atomic E-state index is 10.1. The van der Waals surface area contributed by atoms with Gasteiger partial charge in [0.25, 0.3) is 0 Å². The standard InChI is InChI=1S/C15H30O5/c1-3-4-5-6-7-8-9-11(17)15-13(19)12(18)14(20-15)10(2)16/h10-19H,3-9H2,1-2H3/t10?,11?,12?,13?,14-,15+/m1/s1. The summed E-state index contributed by atoms with van der Waals surface area (Å²) in [6.07, 6.45) is 1.76. The Labute approximate surface area is 121 Å². The number of hydrogen-bond donors (Lipinski definition) is 4. The minimum Gasteiger partial charge on any atom is -0.391 e. The zero-order valence-corrected chi connectivity index (χ0v) is 12.6. The number of ether oxygens (including phenoxy) is 1. The summed E-state index contributed by atoms with van der Waals surface area (Å²) in [5.41, 5.74) is 0. The number of aliphatic hydroxyl groups excluding tert-OH is 4. The van der Waals surface area contributed by atoms with E-state index < -0.39 is 36.6 Å². The van der Waals surface area contributed by atoms with Crippen LogP contribution in [0.25, 0.3) is 0 Å². The van der Waals surface area contributed by atoms with Crippen molar-refractivity contribution >= 4 is 0 Å². The molecule has 0 aromatic rings. The molecule has 0 aromatic carbocycles. The van der Waals surface area contributed by atoms with Crippen LogP contribution >= 0.6 is 0 Å². The van der Waals surface area contributed by atoms with Gasteiger partial charge in [-0.2, -0.15) is 0 Å². The van der Waals surface area contributed by atoms with Crippen LogP contribution in [0.5, 0.6) is 0 Å². The van der Waals surface area contributed by atoms with Gasteiger partial charge in [0, 0.05) is 0 Å².